The van der Waals surface area contributed by atoms with Gasteiger partial charge in [0.05, 0.1) is 6.61 Å². The first kappa shape index (κ1) is 14.2. The molecule has 1 aromatic rings. The fraction of sp³-hybridized carbons (Fsp3) is 0.500. The average molecular weight is 299 g/mol. The van der Waals surface area contributed by atoms with Gasteiger partial charge >= 0.3 is 0 Å². The molecule has 1 rings (SSSR count). The van der Waals surface area contributed by atoms with Crippen LogP contribution in [0.3, 0.4) is 0 Å². The van der Waals surface area contributed by atoms with E-state index in [1.165, 1.54) is 0 Å². The molecule has 0 heterocycles. The van der Waals surface area contributed by atoms with E-state index in [1.807, 2.05) is 24.3 Å². The third kappa shape index (κ3) is 6.47. The lowest BCUT2D eigenvalue weighted by Gasteiger charge is -2.07. The molecule has 0 saturated heterocycles. The molecule has 0 unspecified atom stereocenters. The van der Waals surface area contributed by atoms with Crippen molar-refractivity contribution in [1.29, 1.82) is 0 Å². The SMILES string of the molecule is CC(C)CC(=O)CCCOc1cccc(Br)c1. The standard InChI is InChI=1S/C14H19BrO2/c1-11(2)9-13(16)6-4-8-17-14-7-3-5-12(15)10-14/h3,5,7,10-11H,4,6,8-9H2,1-2H3. The third-order valence-corrected chi connectivity index (χ3v) is 2.79. The van der Waals surface area contributed by atoms with Crippen molar-refractivity contribution in [3.05, 3.63) is 28.7 Å². The quantitative estimate of drug-likeness (QED) is 0.704. The molecular formula is C14H19BrO2. The van der Waals surface area contributed by atoms with Crippen molar-refractivity contribution < 1.29 is 9.53 Å². The first-order valence-electron chi connectivity index (χ1n) is 5.98. The van der Waals surface area contributed by atoms with Crippen LogP contribution < -0.4 is 4.74 Å². The van der Waals surface area contributed by atoms with Gasteiger partial charge in [0.15, 0.2) is 0 Å². The summed E-state index contributed by atoms with van der Waals surface area (Å²) in [5.41, 5.74) is 0. The first-order chi connectivity index (χ1) is 8.08. The van der Waals surface area contributed by atoms with Crippen molar-refractivity contribution in [2.75, 3.05) is 6.61 Å². The van der Waals surface area contributed by atoms with Crippen molar-refractivity contribution in [3.63, 3.8) is 0 Å². The van der Waals surface area contributed by atoms with Crippen LogP contribution >= 0.6 is 15.9 Å². The Balaban J connectivity index is 2.18. The summed E-state index contributed by atoms with van der Waals surface area (Å²) < 4.78 is 6.57. The van der Waals surface area contributed by atoms with Crippen LogP contribution in [0.25, 0.3) is 0 Å². The van der Waals surface area contributed by atoms with Gasteiger partial charge < -0.3 is 4.74 Å². The number of ketones is 1. The molecule has 2 nitrogen and oxygen atoms in total. The zero-order valence-corrected chi connectivity index (χ0v) is 12.0. The molecular weight excluding hydrogens is 280 g/mol. The lowest BCUT2D eigenvalue weighted by Crippen LogP contribution is -2.05. The number of ether oxygens (including phenoxy) is 1. The Labute approximate surface area is 111 Å². The van der Waals surface area contributed by atoms with Crippen LogP contribution in [0.15, 0.2) is 28.7 Å². The Kier molecular flexibility index (Phi) is 6.27. The van der Waals surface area contributed by atoms with Gasteiger partial charge in [-0.25, -0.2) is 0 Å². The maximum absolute atomic E-state index is 11.5. The molecule has 94 valence electrons. The molecule has 0 aromatic heterocycles. The second kappa shape index (κ2) is 7.49. The van der Waals surface area contributed by atoms with Crippen LogP contribution in [-0.2, 0) is 4.79 Å². The van der Waals surface area contributed by atoms with Crippen molar-refractivity contribution >= 4 is 21.7 Å². The Hall–Kier alpha value is -0.830. The normalized spacial score (nSPS) is 10.6. The summed E-state index contributed by atoms with van der Waals surface area (Å²) in [5.74, 6) is 1.63. The van der Waals surface area contributed by atoms with Crippen LogP contribution in [0.4, 0.5) is 0 Å². The van der Waals surface area contributed by atoms with Gasteiger partial charge in [0.1, 0.15) is 11.5 Å². The van der Waals surface area contributed by atoms with Gasteiger partial charge in [-0.3, -0.25) is 4.79 Å². The highest BCUT2D eigenvalue weighted by molar-refractivity contribution is 9.10. The Morgan fingerprint density at radius 3 is 2.82 bits per heavy atom. The number of Topliss-reactive ketones (excluding diaryl/α,β-unsaturated/α-hetero) is 1. The van der Waals surface area contributed by atoms with E-state index in [1.54, 1.807) is 0 Å². The molecule has 0 bridgehead atoms. The maximum Gasteiger partial charge on any atom is 0.133 e. The smallest absolute Gasteiger partial charge is 0.133 e. The van der Waals surface area contributed by atoms with Gasteiger partial charge in [0, 0.05) is 17.3 Å². The van der Waals surface area contributed by atoms with Gasteiger partial charge in [-0.05, 0) is 30.5 Å². The third-order valence-electron chi connectivity index (χ3n) is 2.30. The Morgan fingerprint density at radius 1 is 1.41 bits per heavy atom. The van der Waals surface area contributed by atoms with E-state index >= 15 is 0 Å². The number of hydrogen-bond acceptors (Lipinski definition) is 2. The summed E-state index contributed by atoms with van der Waals surface area (Å²) in [6, 6.07) is 7.74. The van der Waals surface area contributed by atoms with Crippen LogP contribution in [0, 0.1) is 5.92 Å². The summed E-state index contributed by atoms with van der Waals surface area (Å²) in [6.45, 7) is 4.73. The monoisotopic (exact) mass is 298 g/mol. The minimum absolute atomic E-state index is 0.331. The lowest BCUT2D eigenvalue weighted by atomic mass is 10.0. The summed E-state index contributed by atoms with van der Waals surface area (Å²) in [4.78, 5) is 11.5. The Bertz CT molecular complexity index is 361. The molecule has 0 spiro atoms. The van der Waals surface area contributed by atoms with Crippen molar-refractivity contribution in [2.24, 2.45) is 5.92 Å². The first-order valence-corrected chi connectivity index (χ1v) is 6.77. The van der Waals surface area contributed by atoms with E-state index in [4.69, 9.17) is 4.74 Å². The minimum atomic E-state index is 0.331. The molecule has 3 heteroatoms. The zero-order chi connectivity index (χ0) is 12.7. The Morgan fingerprint density at radius 2 is 2.18 bits per heavy atom. The molecule has 0 amide bonds. The molecule has 0 aliphatic rings. The second-order valence-corrected chi connectivity index (χ2v) is 5.46. The molecule has 0 aliphatic heterocycles. The highest BCUT2D eigenvalue weighted by atomic mass is 79.9. The van der Waals surface area contributed by atoms with E-state index in [-0.39, 0.29) is 0 Å². The minimum Gasteiger partial charge on any atom is -0.494 e. The summed E-state index contributed by atoms with van der Waals surface area (Å²) in [6.07, 6.45) is 2.08. The fourth-order valence-electron chi connectivity index (χ4n) is 1.57. The molecule has 0 N–H and O–H groups in total. The van der Waals surface area contributed by atoms with E-state index in [0.29, 0.717) is 31.1 Å². The predicted molar refractivity (Wildman–Crippen MR) is 73.3 cm³/mol. The zero-order valence-electron chi connectivity index (χ0n) is 10.4. The van der Waals surface area contributed by atoms with E-state index in [2.05, 4.69) is 29.8 Å². The van der Waals surface area contributed by atoms with Crippen molar-refractivity contribution in [3.8, 4) is 5.75 Å². The number of carbonyl (C=O) groups excluding carboxylic acids is 1. The second-order valence-electron chi connectivity index (χ2n) is 4.55. The van der Waals surface area contributed by atoms with Gasteiger partial charge in [0.2, 0.25) is 0 Å². The number of rotatable bonds is 7. The largest absolute Gasteiger partial charge is 0.494 e. The van der Waals surface area contributed by atoms with Gasteiger partial charge in [-0.2, -0.15) is 0 Å². The molecule has 1 aromatic carbocycles. The van der Waals surface area contributed by atoms with Gasteiger partial charge in [0.25, 0.3) is 0 Å². The van der Waals surface area contributed by atoms with Crippen LogP contribution in [0.1, 0.15) is 33.1 Å². The topological polar surface area (TPSA) is 26.3 Å². The number of halogens is 1. The fourth-order valence-corrected chi connectivity index (χ4v) is 1.95. The summed E-state index contributed by atoms with van der Waals surface area (Å²) >= 11 is 3.39. The molecule has 0 radical (unpaired) electrons. The summed E-state index contributed by atoms with van der Waals surface area (Å²) in [5, 5.41) is 0. The molecule has 0 aliphatic carbocycles. The number of hydrogen-bond donors (Lipinski definition) is 0. The lowest BCUT2D eigenvalue weighted by molar-refractivity contribution is -0.119. The molecule has 0 saturated carbocycles. The number of benzene rings is 1. The van der Waals surface area contributed by atoms with Crippen LogP contribution in [0.5, 0.6) is 5.75 Å². The number of carbonyl (C=O) groups is 1. The highest BCUT2D eigenvalue weighted by Gasteiger charge is 2.04. The van der Waals surface area contributed by atoms with E-state index < -0.39 is 0 Å². The van der Waals surface area contributed by atoms with E-state index in [9.17, 15) is 4.79 Å². The van der Waals surface area contributed by atoms with Gasteiger partial charge in [-0.15, -0.1) is 0 Å². The highest BCUT2D eigenvalue weighted by Crippen LogP contribution is 2.18. The summed E-state index contributed by atoms with van der Waals surface area (Å²) in [7, 11) is 0. The van der Waals surface area contributed by atoms with Crippen molar-refractivity contribution in [1.82, 2.24) is 0 Å². The van der Waals surface area contributed by atoms with Gasteiger partial charge in [-0.1, -0.05) is 35.8 Å². The average Bonchev–Trinajstić information content (AvgIpc) is 2.23. The van der Waals surface area contributed by atoms with Crippen molar-refractivity contribution in [2.45, 2.75) is 33.1 Å². The molecule has 17 heavy (non-hydrogen) atoms. The maximum atomic E-state index is 11.5. The molecule has 0 atom stereocenters. The van der Waals surface area contributed by atoms with E-state index in [0.717, 1.165) is 16.6 Å². The molecule has 0 fully saturated rings. The predicted octanol–water partition coefficient (Wildman–Crippen LogP) is 4.22. The van der Waals surface area contributed by atoms with Crippen LogP contribution in [0.2, 0.25) is 0 Å². The van der Waals surface area contributed by atoms with Crippen LogP contribution in [-0.4, -0.2) is 12.4 Å².